The molecule has 3 rings (SSSR count). The molecule has 1 saturated carbocycles. The van der Waals surface area contributed by atoms with E-state index in [0.29, 0.717) is 31.5 Å². The molecule has 0 spiro atoms. The molecular formula is C16H21F3N4O. The fourth-order valence-electron chi connectivity index (χ4n) is 2.80. The van der Waals surface area contributed by atoms with E-state index in [9.17, 15) is 18.0 Å². The summed E-state index contributed by atoms with van der Waals surface area (Å²) in [5.74, 6) is 0.552. The summed E-state index contributed by atoms with van der Waals surface area (Å²) in [6, 6.07) is 3.08. The quantitative estimate of drug-likeness (QED) is 0.859. The number of hydrogen-bond donors (Lipinski definition) is 2. The molecule has 8 heteroatoms. The van der Waals surface area contributed by atoms with E-state index >= 15 is 0 Å². The minimum Gasteiger partial charge on any atom is -0.356 e. The fourth-order valence-corrected chi connectivity index (χ4v) is 2.80. The van der Waals surface area contributed by atoms with Crippen LogP contribution in [0.4, 0.5) is 19.0 Å². The number of amides is 1. The van der Waals surface area contributed by atoms with Gasteiger partial charge in [0.1, 0.15) is 5.82 Å². The Hall–Kier alpha value is -1.83. The minimum atomic E-state index is -4.36. The number of halogens is 3. The summed E-state index contributed by atoms with van der Waals surface area (Å²) in [5, 5.41) is 6.18. The molecule has 24 heavy (non-hydrogen) atoms. The number of nitrogens with zero attached hydrogens (tertiary/aromatic N) is 2. The average molecular weight is 342 g/mol. The number of nitrogens with one attached hydrogen (secondary N) is 2. The first kappa shape index (κ1) is 17.0. The van der Waals surface area contributed by atoms with Crippen LogP contribution in [-0.2, 0) is 11.0 Å². The first-order valence-corrected chi connectivity index (χ1v) is 8.23. The zero-order valence-corrected chi connectivity index (χ0v) is 13.3. The van der Waals surface area contributed by atoms with Crippen LogP contribution in [-0.4, -0.2) is 42.6 Å². The zero-order chi connectivity index (χ0) is 17.2. The summed E-state index contributed by atoms with van der Waals surface area (Å²) >= 11 is 0. The summed E-state index contributed by atoms with van der Waals surface area (Å²) in [6.07, 6.45) is 0.317. The molecule has 1 aliphatic carbocycles. The molecule has 1 aromatic rings. The van der Waals surface area contributed by atoms with Crippen LogP contribution in [0.5, 0.6) is 0 Å². The Kier molecular flexibility index (Phi) is 4.93. The van der Waals surface area contributed by atoms with Gasteiger partial charge in [-0.25, -0.2) is 4.98 Å². The molecule has 0 atom stereocenters. The van der Waals surface area contributed by atoms with Gasteiger partial charge in [0, 0.05) is 31.4 Å². The lowest BCUT2D eigenvalue weighted by molar-refractivity contribution is -0.137. The summed E-state index contributed by atoms with van der Waals surface area (Å²) in [4.78, 5) is 17.7. The molecule has 0 aromatic carbocycles. The van der Waals surface area contributed by atoms with E-state index in [-0.39, 0.29) is 11.9 Å². The van der Waals surface area contributed by atoms with E-state index in [1.165, 1.54) is 6.07 Å². The van der Waals surface area contributed by atoms with Gasteiger partial charge in [-0.15, -0.1) is 0 Å². The van der Waals surface area contributed by atoms with Crippen LogP contribution >= 0.6 is 0 Å². The highest BCUT2D eigenvalue weighted by molar-refractivity contribution is 5.78. The first-order chi connectivity index (χ1) is 11.4. The Morgan fingerprint density at radius 2 is 1.88 bits per heavy atom. The monoisotopic (exact) mass is 342 g/mol. The Bertz CT molecular complexity index is 564. The van der Waals surface area contributed by atoms with Gasteiger partial charge in [-0.3, -0.25) is 4.79 Å². The largest absolute Gasteiger partial charge is 0.417 e. The van der Waals surface area contributed by atoms with Gasteiger partial charge in [0.05, 0.1) is 12.1 Å². The highest BCUT2D eigenvalue weighted by atomic mass is 19.4. The van der Waals surface area contributed by atoms with E-state index in [2.05, 4.69) is 15.6 Å². The van der Waals surface area contributed by atoms with Crippen molar-refractivity contribution in [3.63, 3.8) is 0 Å². The highest BCUT2D eigenvalue weighted by Gasteiger charge is 2.31. The normalized spacial score (nSPS) is 19.4. The lowest BCUT2D eigenvalue weighted by atomic mass is 10.0. The van der Waals surface area contributed by atoms with Crippen molar-refractivity contribution in [2.45, 2.75) is 43.9 Å². The van der Waals surface area contributed by atoms with Crippen LogP contribution in [0.15, 0.2) is 18.3 Å². The van der Waals surface area contributed by atoms with Crippen LogP contribution in [0.2, 0.25) is 0 Å². The van der Waals surface area contributed by atoms with E-state index in [0.717, 1.165) is 37.9 Å². The predicted octanol–water partition coefficient (Wildman–Crippen LogP) is 1.94. The van der Waals surface area contributed by atoms with Gasteiger partial charge in [-0.2, -0.15) is 13.2 Å². The van der Waals surface area contributed by atoms with Gasteiger partial charge in [0.15, 0.2) is 0 Å². The van der Waals surface area contributed by atoms with Crippen molar-refractivity contribution in [1.29, 1.82) is 0 Å². The molecule has 5 nitrogen and oxygen atoms in total. The molecule has 1 aromatic heterocycles. The van der Waals surface area contributed by atoms with E-state index < -0.39 is 11.7 Å². The Labute approximate surface area is 138 Å². The Balaban J connectivity index is 1.45. The molecule has 0 radical (unpaired) electrons. The molecule has 0 unspecified atom stereocenters. The van der Waals surface area contributed by atoms with E-state index in [4.69, 9.17) is 0 Å². The lowest BCUT2D eigenvalue weighted by Gasteiger charge is -2.33. The number of pyridine rings is 1. The number of alkyl halides is 3. The van der Waals surface area contributed by atoms with Crippen molar-refractivity contribution >= 4 is 11.7 Å². The van der Waals surface area contributed by atoms with Crippen molar-refractivity contribution in [3.05, 3.63) is 23.9 Å². The average Bonchev–Trinajstić information content (AvgIpc) is 3.37. The maximum absolute atomic E-state index is 12.6. The summed E-state index contributed by atoms with van der Waals surface area (Å²) < 4.78 is 37.7. The Morgan fingerprint density at radius 3 is 2.42 bits per heavy atom. The molecule has 1 aliphatic heterocycles. The van der Waals surface area contributed by atoms with Gasteiger partial charge in [0.2, 0.25) is 5.91 Å². The van der Waals surface area contributed by atoms with Crippen molar-refractivity contribution in [2.75, 3.05) is 24.5 Å². The fraction of sp³-hybridized carbons (Fsp3) is 0.625. The maximum atomic E-state index is 12.6. The molecule has 1 amide bonds. The van der Waals surface area contributed by atoms with Crippen LogP contribution in [0.1, 0.15) is 31.2 Å². The summed E-state index contributed by atoms with van der Waals surface area (Å²) in [7, 11) is 0. The van der Waals surface area contributed by atoms with E-state index in [1.807, 2.05) is 4.90 Å². The van der Waals surface area contributed by atoms with Crippen LogP contribution in [0.25, 0.3) is 0 Å². The number of carbonyl (C=O) groups is 1. The van der Waals surface area contributed by atoms with Gasteiger partial charge in [-0.05, 0) is 37.8 Å². The second-order valence-electron chi connectivity index (χ2n) is 6.39. The number of aromatic nitrogens is 1. The topological polar surface area (TPSA) is 57.3 Å². The van der Waals surface area contributed by atoms with Gasteiger partial charge in [0.25, 0.3) is 0 Å². The summed E-state index contributed by atoms with van der Waals surface area (Å²) in [5.41, 5.74) is -0.739. The smallest absolute Gasteiger partial charge is 0.356 e. The first-order valence-electron chi connectivity index (χ1n) is 8.23. The van der Waals surface area contributed by atoms with Gasteiger partial charge in [-0.1, -0.05) is 0 Å². The molecule has 0 bridgehead atoms. The van der Waals surface area contributed by atoms with Crippen LogP contribution < -0.4 is 15.5 Å². The second kappa shape index (κ2) is 6.96. The van der Waals surface area contributed by atoms with Gasteiger partial charge >= 0.3 is 6.18 Å². The molecule has 2 N–H and O–H groups in total. The van der Waals surface area contributed by atoms with Crippen LogP contribution in [0.3, 0.4) is 0 Å². The maximum Gasteiger partial charge on any atom is 0.417 e. The molecule has 2 fully saturated rings. The van der Waals surface area contributed by atoms with E-state index in [1.54, 1.807) is 0 Å². The number of piperidine rings is 1. The Morgan fingerprint density at radius 1 is 1.17 bits per heavy atom. The summed E-state index contributed by atoms with van der Waals surface area (Å²) in [6.45, 7) is 1.68. The third-order valence-electron chi connectivity index (χ3n) is 4.39. The third-order valence-corrected chi connectivity index (χ3v) is 4.39. The lowest BCUT2D eigenvalue weighted by Crippen LogP contribution is -2.47. The SMILES string of the molecule is O=C(CNC1CC1)NC1CCN(c2ccc(C(F)(F)F)cn2)CC1. The minimum absolute atomic E-state index is 0.00741. The van der Waals surface area contributed by atoms with Crippen molar-refractivity contribution in [3.8, 4) is 0 Å². The molecule has 132 valence electrons. The molecule has 2 aliphatic rings. The zero-order valence-electron chi connectivity index (χ0n) is 13.3. The molecule has 1 saturated heterocycles. The van der Waals surface area contributed by atoms with Crippen molar-refractivity contribution < 1.29 is 18.0 Å². The van der Waals surface area contributed by atoms with Crippen LogP contribution in [0, 0.1) is 0 Å². The standard InChI is InChI=1S/C16H21F3N4O/c17-16(18,19)11-1-4-14(21-9-11)23-7-5-13(6-8-23)22-15(24)10-20-12-2-3-12/h1,4,9,12-13,20H,2-3,5-8,10H2,(H,22,24). The third kappa shape index (κ3) is 4.59. The van der Waals surface area contributed by atoms with Crippen molar-refractivity contribution in [2.24, 2.45) is 0 Å². The predicted molar refractivity (Wildman–Crippen MR) is 83.6 cm³/mol. The molecular weight excluding hydrogens is 321 g/mol. The highest BCUT2D eigenvalue weighted by Crippen LogP contribution is 2.29. The van der Waals surface area contributed by atoms with Gasteiger partial charge < -0.3 is 15.5 Å². The number of rotatable bonds is 5. The van der Waals surface area contributed by atoms with Crippen molar-refractivity contribution in [1.82, 2.24) is 15.6 Å². The molecule has 2 heterocycles. The second-order valence-corrected chi connectivity index (χ2v) is 6.39. The number of anilines is 1. The number of hydrogen-bond acceptors (Lipinski definition) is 4. The number of carbonyl (C=O) groups excluding carboxylic acids is 1.